The quantitative estimate of drug-likeness (QED) is 0.395. The van der Waals surface area contributed by atoms with Gasteiger partial charge in [0.25, 0.3) is 5.91 Å². The summed E-state index contributed by atoms with van der Waals surface area (Å²) in [5.74, 6) is -2.02. The van der Waals surface area contributed by atoms with Crippen LogP contribution >= 0.6 is 0 Å². The molecule has 1 aliphatic heterocycles. The highest BCUT2D eigenvalue weighted by molar-refractivity contribution is 6.22. The maximum Gasteiger partial charge on any atom is 0.337 e. The molecule has 0 radical (unpaired) electrons. The monoisotopic (exact) mass is 489 g/mol. The standard InChI is InChI=1S/C27H24FN3O5/c1-17-5-3-8-22(13-17)31-25(33)23(30(27(31)35)16-18-6-4-7-20(28)14-18)15-24(32)29-21-11-9-19(10-12-21)26(34)36-2/h3-14,23H,15-16H2,1-2H3,(H,29,32)/t23-/m1/s1. The van der Waals surface area contributed by atoms with E-state index in [4.69, 9.17) is 0 Å². The Bertz CT molecular complexity index is 1320. The van der Waals surface area contributed by atoms with Crippen LogP contribution in [0.1, 0.15) is 27.9 Å². The van der Waals surface area contributed by atoms with E-state index in [1.165, 1.54) is 54.5 Å². The number of nitrogens with zero attached hydrogens (tertiary/aromatic N) is 2. The largest absolute Gasteiger partial charge is 0.465 e. The number of halogens is 1. The van der Waals surface area contributed by atoms with E-state index in [1.807, 2.05) is 13.0 Å². The minimum absolute atomic E-state index is 0.0452. The number of amides is 4. The molecule has 3 aromatic carbocycles. The normalized spacial score (nSPS) is 15.2. The number of urea groups is 1. The van der Waals surface area contributed by atoms with Crippen molar-refractivity contribution in [3.05, 3.63) is 95.3 Å². The fourth-order valence-corrected chi connectivity index (χ4v) is 4.05. The fraction of sp³-hybridized carbons (Fsp3) is 0.185. The molecule has 0 aliphatic carbocycles. The first-order valence-electron chi connectivity index (χ1n) is 11.2. The number of esters is 1. The van der Waals surface area contributed by atoms with Crippen LogP contribution in [0.15, 0.2) is 72.8 Å². The van der Waals surface area contributed by atoms with Crippen LogP contribution in [0.4, 0.5) is 20.6 Å². The lowest BCUT2D eigenvalue weighted by atomic mass is 10.1. The average molecular weight is 490 g/mol. The van der Waals surface area contributed by atoms with Crippen molar-refractivity contribution >= 4 is 35.2 Å². The lowest BCUT2D eigenvalue weighted by Crippen LogP contribution is -2.37. The van der Waals surface area contributed by atoms with E-state index >= 15 is 0 Å². The smallest absolute Gasteiger partial charge is 0.337 e. The molecule has 8 nitrogen and oxygen atoms in total. The van der Waals surface area contributed by atoms with E-state index < -0.39 is 35.7 Å². The Morgan fingerprint density at radius 2 is 1.72 bits per heavy atom. The third kappa shape index (κ3) is 5.25. The van der Waals surface area contributed by atoms with Gasteiger partial charge < -0.3 is 15.0 Å². The molecule has 4 rings (SSSR count). The highest BCUT2D eigenvalue weighted by atomic mass is 19.1. The van der Waals surface area contributed by atoms with Gasteiger partial charge in [-0.2, -0.15) is 0 Å². The number of methoxy groups -OCH3 is 1. The Morgan fingerprint density at radius 1 is 1.00 bits per heavy atom. The van der Waals surface area contributed by atoms with Gasteiger partial charge in [0.15, 0.2) is 0 Å². The maximum atomic E-state index is 13.8. The van der Waals surface area contributed by atoms with Gasteiger partial charge in [0.1, 0.15) is 11.9 Å². The maximum absolute atomic E-state index is 13.8. The molecule has 0 saturated carbocycles. The molecule has 1 heterocycles. The lowest BCUT2D eigenvalue weighted by molar-refractivity contribution is -0.124. The van der Waals surface area contributed by atoms with Gasteiger partial charge in [-0.05, 0) is 66.6 Å². The molecule has 0 aromatic heterocycles. The Kier molecular flexibility index (Phi) is 7.10. The number of aryl methyl sites for hydroxylation is 1. The van der Waals surface area contributed by atoms with Gasteiger partial charge in [0.2, 0.25) is 5.91 Å². The number of hydrogen-bond donors (Lipinski definition) is 1. The highest BCUT2D eigenvalue weighted by Gasteiger charge is 2.46. The lowest BCUT2D eigenvalue weighted by Gasteiger charge is -2.21. The zero-order valence-electron chi connectivity index (χ0n) is 19.7. The molecule has 1 fully saturated rings. The van der Waals surface area contributed by atoms with Crippen LogP contribution in [0.3, 0.4) is 0 Å². The summed E-state index contributed by atoms with van der Waals surface area (Å²) >= 11 is 0. The van der Waals surface area contributed by atoms with E-state index in [0.717, 1.165) is 10.5 Å². The van der Waals surface area contributed by atoms with Gasteiger partial charge in [-0.1, -0.05) is 24.3 Å². The van der Waals surface area contributed by atoms with Crippen LogP contribution in [0, 0.1) is 12.7 Å². The number of anilines is 2. The molecule has 1 N–H and O–H groups in total. The zero-order chi connectivity index (χ0) is 25.8. The summed E-state index contributed by atoms with van der Waals surface area (Å²) in [4.78, 5) is 53.6. The third-order valence-corrected chi connectivity index (χ3v) is 5.79. The molecule has 1 aliphatic rings. The van der Waals surface area contributed by atoms with Gasteiger partial charge in [-0.3, -0.25) is 9.59 Å². The van der Waals surface area contributed by atoms with Crippen molar-refractivity contribution in [3.8, 4) is 0 Å². The van der Waals surface area contributed by atoms with Gasteiger partial charge in [-0.25, -0.2) is 18.9 Å². The molecule has 184 valence electrons. The van der Waals surface area contributed by atoms with Crippen molar-refractivity contribution in [1.29, 1.82) is 0 Å². The minimum atomic E-state index is -1.09. The van der Waals surface area contributed by atoms with E-state index in [0.29, 0.717) is 22.5 Å². The second-order valence-electron chi connectivity index (χ2n) is 8.39. The molecule has 1 atom stereocenters. The first-order valence-corrected chi connectivity index (χ1v) is 11.2. The molecule has 9 heteroatoms. The van der Waals surface area contributed by atoms with E-state index in [1.54, 1.807) is 24.3 Å². The fourth-order valence-electron chi connectivity index (χ4n) is 4.05. The number of ether oxygens (including phenoxy) is 1. The predicted octanol–water partition coefficient (Wildman–Crippen LogP) is 4.29. The van der Waals surface area contributed by atoms with E-state index in [2.05, 4.69) is 10.1 Å². The van der Waals surface area contributed by atoms with Gasteiger partial charge in [-0.15, -0.1) is 0 Å². The second kappa shape index (κ2) is 10.4. The first-order chi connectivity index (χ1) is 17.3. The van der Waals surface area contributed by atoms with Crippen LogP contribution in [0.25, 0.3) is 0 Å². The molecule has 0 spiro atoms. The van der Waals surface area contributed by atoms with Crippen LogP contribution in [-0.2, 0) is 20.9 Å². The number of nitrogens with one attached hydrogen (secondary N) is 1. The molecule has 36 heavy (non-hydrogen) atoms. The highest BCUT2D eigenvalue weighted by Crippen LogP contribution is 2.29. The molecule has 1 saturated heterocycles. The number of imide groups is 1. The minimum Gasteiger partial charge on any atom is -0.465 e. The number of benzene rings is 3. The number of carbonyl (C=O) groups excluding carboxylic acids is 4. The Morgan fingerprint density at radius 3 is 2.39 bits per heavy atom. The summed E-state index contributed by atoms with van der Waals surface area (Å²) in [6, 6.07) is 17.1. The number of rotatable bonds is 7. The van der Waals surface area contributed by atoms with Gasteiger partial charge in [0, 0.05) is 12.2 Å². The molecule has 4 amide bonds. The summed E-state index contributed by atoms with van der Waals surface area (Å²) in [7, 11) is 1.27. The second-order valence-corrected chi connectivity index (χ2v) is 8.39. The van der Waals surface area contributed by atoms with Crippen molar-refractivity contribution in [1.82, 2.24) is 4.90 Å². The van der Waals surface area contributed by atoms with Crippen molar-refractivity contribution in [2.45, 2.75) is 25.9 Å². The summed E-state index contributed by atoms with van der Waals surface area (Å²) in [5, 5.41) is 2.69. The molecular weight excluding hydrogens is 465 g/mol. The van der Waals surface area contributed by atoms with Crippen LogP contribution in [0.5, 0.6) is 0 Å². The zero-order valence-corrected chi connectivity index (χ0v) is 19.7. The topological polar surface area (TPSA) is 96.0 Å². The van der Waals surface area contributed by atoms with Gasteiger partial charge in [0.05, 0.1) is 24.8 Å². The van der Waals surface area contributed by atoms with Crippen LogP contribution in [-0.4, -0.2) is 41.9 Å². The molecule has 0 unspecified atom stereocenters. The summed E-state index contributed by atoms with van der Waals surface area (Å²) in [5.41, 5.74) is 2.49. The van der Waals surface area contributed by atoms with Crippen LogP contribution < -0.4 is 10.2 Å². The van der Waals surface area contributed by atoms with Crippen LogP contribution in [0.2, 0.25) is 0 Å². The predicted molar refractivity (Wildman–Crippen MR) is 131 cm³/mol. The average Bonchev–Trinajstić information content (AvgIpc) is 3.08. The third-order valence-electron chi connectivity index (χ3n) is 5.79. The molecule has 3 aromatic rings. The van der Waals surface area contributed by atoms with E-state index in [9.17, 15) is 23.6 Å². The Labute approximate surface area is 207 Å². The number of hydrogen-bond acceptors (Lipinski definition) is 5. The SMILES string of the molecule is COC(=O)c1ccc(NC(=O)C[C@@H]2C(=O)N(c3cccc(C)c3)C(=O)N2Cc2cccc(F)c2)cc1. The van der Waals surface area contributed by atoms with Crippen molar-refractivity contribution < 1.29 is 28.3 Å². The Hall–Kier alpha value is -4.53. The van der Waals surface area contributed by atoms with Crippen molar-refractivity contribution in [2.75, 3.05) is 17.3 Å². The summed E-state index contributed by atoms with van der Waals surface area (Å²) in [6.45, 7) is 1.80. The number of carbonyl (C=O) groups is 4. The molecular formula is C27H24FN3O5. The first kappa shape index (κ1) is 24.6. The molecule has 0 bridgehead atoms. The Balaban J connectivity index is 1.57. The van der Waals surface area contributed by atoms with Crippen molar-refractivity contribution in [2.24, 2.45) is 0 Å². The van der Waals surface area contributed by atoms with Gasteiger partial charge >= 0.3 is 12.0 Å². The summed E-state index contributed by atoms with van der Waals surface area (Å²) < 4.78 is 18.4. The van der Waals surface area contributed by atoms with Crippen molar-refractivity contribution in [3.63, 3.8) is 0 Å². The summed E-state index contributed by atoms with van der Waals surface area (Å²) in [6.07, 6.45) is -0.305. The van der Waals surface area contributed by atoms with E-state index in [-0.39, 0.29) is 13.0 Å².